The molecule has 3 nitrogen and oxygen atoms in total. The highest BCUT2D eigenvalue weighted by Crippen LogP contribution is 2.34. The summed E-state index contributed by atoms with van der Waals surface area (Å²) in [6, 6.07) is 0.512. The maximum absolute atomic E-state index is 6.48. The van der Waals surface area contributed by atoms with Crippen molar-refractivity contribution in [2.45, 2.75) is 71.9 Å². The van der Waals surface area contributed by atoms with E-state index in [-0.39, 0.29) is 0 Å². The highest BCUT2D eigenvalue weighted by atomic mass is 35.5. The lowest BCUT2D eigenvalue weighted by atomic mass is 9.76. The molecule has 1 heterocycles. The molecule has 2 rings (SSSR count). The van der Waals surface area contributed by atoms with Crippen molar-refractivity contribution < 1.29 is 0 Å². The molecule has 0 aromatic carbocycles. The second-order valence-electron chi connectivity index (χ2n) is 6.46. The fourth-order valence-electron chi connectivity index (χ4n) is 3.85. The Hall–Kier alpha value is -0.540. The van der Waals surface area contributed by atoms with Gasteiger partial charge in [0.05, 0.1) is 16.4 Å². The summed E-state index contributed by atoms with van der Waals surface area (Å²) in [5.74, 6) is 1.68. The summed E-state index contributed by atoms with van der Waals surface area (Å²) in [6.07, 6.45) is 7.81. The molecule has 1 aromatic heterocycles. The molecule has 1 N–H and O–H groups in total. The summed E-state index contributed by atoms with van der Waals surface area (Å²) in [4.78, 5) is 0. The lowest BCUT2D eigenvalue weighted by molar-refractivity contribution is 0.211. The van der Waals surface area contributed by atoms with Crippen LogP contribution in [0.3, 0.4) is 0 Å². The molecule has 4 heteroatoms. The van der Waals surface area contributed by atoms with E-state index >= 15 is 0 Å². The van der Waals surface area contributed by atoms with Crippen LogP contribution in [0, 0.1) is 18.8 Å². The van der Waals surface area contributed by atoms with Crippen LogP contribution in [0.25, 0.3) is 0 Å². The number of halogens is 1. The molecule has 3 unspecified atom stereocenters. The smallest absolute Gasteiger partial charge is 0.0847 e. The van der Waals surface area contributed by atoms with Crippen LogP contribution in [-0.2, 0) is 13.0 Å². The molecule has 1 aliphatic rings. The van der Waals surface area contributed by atoms with Crippen LogP contribution in [0.15, 0.2) is 0 Å². The molecule has 1 fully saturated rings. The zero-order chi connectivity index (χ0) is 15.4. The number of nitrogens with one attached hydrogen (secondary N) is 1. The molecule has 21 heavy (non-hydrogen) atoms. The minimum Gasteiger partial charge on any atom is -0.316 e. The van der Waals surface area contributed by atoms with Gasteiger partial charge in [-0.25, -0.2) is 0 Å². The third kappa shape index (κ3) is 3.81. The van der Waals surface area contributed by atoms with Crippen molar-refractivity contribution in [3.05, 3.63) is 16.4 Å². The standard InChI is InChI=1S/C17H30ClN3/c1-5-13-8-7-9-14(10-13)15(19-4)11-16-17(18)12(3)20-21(16)6-2/h13-15,19H,5-11H2,1-4H3. The van der Waals surface area contributed by atoms with Crippen molar-refractivity contribution in [1.82, 2.24) is 15.1 Å². The Labute approximate surface area is 134 Å². The van der Waals surface area contributed by atoms with Crippen LogP contribution in [0.1, 0.15) is 57.3 Å². The fraction of sp³-hybridized carbons (Fsp3) is 0.824. The van der Waals surface area contributed by atoms with Gasteiger partial charge in [-0.1, -0.05) is 37.8 Å². The summed E-state index contributed by atoms with van der Waals surface area (Å²) in [5, 5.41) is 8.96. The number of aromatic nitrogens is 2. The number of hydrogen-bond acceptors (Lipinski definition) is 2. The van der Waals surface area contributed by atoms with E-state index in [1.54, 1.807) is 0 Å². The number of rotatable bonds is 6. The molecular formula is C17H30ClN3. The zero-order valence-electron chi connectivity index (χ0n) is 14.0. The van der Waals surface area contributed by atoms with E-state index in [4.69, 9.17) is 11.6 Å². The first-order chi connectivity index (χ1) is 10.1. The van der Waals surface area contributed by atoms with Crippen LogP contribution in [0.4, 0.5) is 0 Å². The van der Waals surface area contributed by atoms with Gasteiger partial charge in [0.2, 0.25) is 0 Å². The van der Waals surface area contributed by atoms with E-state index in [2.05, 4.69) is 36.0 Å². The second-order valence-corrected chi connectivity index (χ2v) is 6.84. The van der Waals surface area contributed by atoms with Crippen LogP contribution in [0.2, 0.25) is 5.02 Å². The summed E-state index contributed by atoms with van der Waals surface area (Å²) < 4.78 is 2.07. The molecule has 0 spiro atoms. The van der Waals surface area contributed by atoms with Crippen molar-refractivity contribution >= 4 is 11.6 Å². The van der Waals surface area contributed by atoms with Crippen molar-refractivity contribution in [2.75, 3.05) is 7.05 Å². The Balaban J connectivity index is 2.12. The maximum Gasteiger partial charge on any atom is 0.0847 e. The van der Waals surface area contributed by atoms with Gasteiger partial charge < -0.3 is 5.32 Å². The van der Waals surface area contributed by atoms with Crippen LogP contribution in [0.5, 0.6) is 0 Å². The monoisotopic (exact) mass is 311 g/mol. The molecule has 1 aromatic rings. The van der Waals surface area contributed by atoms with Gasteiger partial charge in [-0.3, -0.25) is 4.68 Å². The molecule has 0 amide bonds. The third-order valence-electron chi connectivity index (χ3n) is 5.21. The first-order valence-electron chi connectivity index (χ1n) is 8.49. The second kappa shape index (κ2) is 7.64. The third-order valence-corrected chi connectivity index (χ3v) is 5.70. The first-order valence-corrected chi connectivity index (χ1v) is 8.87. The van der Waals surface area contributed by atoms with Crippen molar-refractivity contribution in [3.63, 3.8) is 0 Å². The molecule has 120 valence electrons. The molecule has 0 bridgehead atoms. The lowest BCUT2D eigenvalue weighted by Crippen LogP contribution is -2.38. The van der Waals surface area contributed by atoms with Crippen molar-refractivity contribution in [1.29, 1.82) is 0 Å². The molecule has 1 saturated carbocycles. The fourth-order valence-corrected chi connectivity index (χ4v) is 4.06. The normalized spacial score (nSPS) is 24.2. The average molecular weight is 312 g/mol. The van der Waals surface area contributed by atoms with Gasteiger partial charge in [-0.05, 0) is 45.6 Å². The van der Waals surface area contributed by atoms with Gasteiger partial charge in [0, 0.05) is 19.0 Å². The minimum atomic E-state index is 0.512. The lowest BCUT2D eigenvalue weighted by Gasteiger charge is -2.34. The summed E-state index contributed by atoms with van der Waals surface area (Å²) in [5.41, 5.74) is 2.16. The topological polar surface area (TPSA) is 29.9 Å². The largest absolute Gasteiger partial charge is 0.316 e. The van der Waals surface area contributed by atoms with E-state index in [9.17, 15) is 0 Å². The Morgan fingerprint density at radius 3 is 2.76 bits per heavy atom. The zero-order valence-corrected chi connectivity index (χ0v) is 14.7. The minimum absolute atomic E-state index is 0.512. The first kappa shape index (κ1) is 16.8. The summed E-state index contributed by atoms with van der Waals surface area (Å²) in [7, 11) is 2.09. The molecule has 1 aliphatic carbocycles. The van der Waals surface area contributed by atoms with Gasteiger partial charge >= 0.3 is 0 Å². The maximum atomic E-state index is 6.48. The van der Waals surface area contributed by atoms with Gasteiger partial charge in [-0.2, -0.15) is 5.10 Å². The predicted octanol–water partition coefficient (Wildman–Crippen LogP) is 4.21. The highest BCUT2D eigenvalue weighted by Gasteiger charge is 2.28. The van der Waals surface area contributed by atoms with E-state index in [1.807, 2.05) is 6.92 Å². The van der Waals surface area contributed by atoms with Crippen LogP contribution < -0.4 is 5.32 Å². The highest BCUT2D eigenvalue weighted by molar-refractivity contribution is 6.31. The Morgan fingerprint density at radius 1 is 1.38 bits per heavy atom. The van der Waals surface area contributed by atoms with E-state index < -0.39 is 0 Å². The van der Waals surface area contributed by atoms with Gasteiger partial charge in [-0.15, -0.1) is 0 Å². The van der Waals surface area contributed by atoms with Crippen LogP contribution >= 0.6 is 11.6 Å². The van der Waals surface area contributed by atoms with Crippen LogP contribution in [-0.4, -0.2) is 22.9 Å². The summed E-state index contributed by atoms with van der Waals surface area (Å²) >= 11 is 6.48. The molecule has 0 radical (unpaired) electrons. The SMILES string of the molecule is CCC1CCCC(C(Cc2c(Cl)c(C)nn2CC)NC)C1. The van der Waals surface area contributed by atoms with Crippen molar-refractivity contribution in [2.24, 2.45) is 11.8 Å². The molecule has 3 atom stereocenters. The molecular weight excluding hydrogens is 282 g/mol. The number of nitrogens with zero attached hydrogens (tertiary/aromatic N) is 2. The van der Waals surface area contributed by atoms with E-state index in [0.717, 1.165) is 35.5 Å². The Morgan fingerprint density at radius 2 is 2.14 bits per heavy atom. The average Bonchev–Trinajstić information content (AvgIpc) is 2.79. The molecule has 0 saturated heterocycles. The quantitative estimate of drug-likeness (QED) is 0.853. The van der Waals surface area contributed by atoms with Crippen molar-refractivity contribution in [3.8, 4) is 0 Å². The van der Waals surface area contributed by atoms with Gasteiger partial charge in [0.1, 0.15) is 0 Å². The van der Waals surface area contributed by atoms with E-state index in [0.29, 0.717) is 6.04 Å². The number of aryl methyl sites for hydroxylation is 2. The number of likely N-dealkylation sites (N-methyl/N-ethyl adjacent to an activating group) is 1. The summed E-state index contributed by atoms with van der Waals surface area (Å²) in [6.45, 7) is 7.35. The Kier molecular flexibility index (Phi) is 6.12. The van der Waals surface area contributed by atoms with E-state index in [1.165, 1.54) is 37.8 Å². The Bertz CT molecular complexity index is 455. The molecule has 0 aliphatic heterocycles. The van der Waals surface area contributed by atoms with Gasteiger partial charge in [0.15, 0.2) is 0 Å². The predicted molar refractivity (Wildman–Crippen MR) is 89.9 cm³/mol. The number of hydrogen-bond donors (Lipinski definition) is 1. The van der Waals surface area contributed by atoms with Gasteiger partial charge in [0.25, 0.3) is 0 Å².